The van der Waals surface area contributed by atoms with Crippen LogP contribution in [-0.2, 0) is 11.2 Å². The van der Waals surface area contributed by atoms with E-state index in [1.54, 1.807) is 12.1 Å². The van der Waals surface area contributed by atoms with Crippen molar-refractivity contribution < 1.29 is 18.3 Å². The number of nitrogens with one attached hydrogen (secondary N) is 1. The van der Waals surface area contributed by atoms with E-state index in [1.165, 1.54) is 6.07 Å². The van der Waals surface area contributed by atoms with Gasteiger partial charge < -0.3 is 15.8 Å². The van der Waals surface area contributed by atoms with E-state index in [0.29, 0.717) is 0 Å². The minimum absolute atomic E-state index is 0.139. The molecule has 23 heavy (non-hydrogen) atoms. The normalized spacial score (nSPS) is 19.2. The zero-order chi connectivity index (χ0) is 17.2. The van der Waals surface area contributed by atoms with Gasteiger partial charge in [0.2, 0.25) is 5.91 Å². The zero-order valence-electron chi connectivity index (χ0n) is 13.7. The fourth-order valence-corrected chi connectivity index (χ4v) is 2.77. The van der Waals surface area contributed by atoms with Crippen LogP contribution < -0.4 is 15.8 Å². The number of aryl methyl sites for hydroxylation is 1. The lowest BCUT2D eigenvalue weighted by molar-refractivity contribution is -0.125. The first-order chi connectivity index (χ1) is 10.7. The van der Waals surface area contributed by atoms with Gasteiger partial charge in [-0.25, -0.2) is 0 Å². The van der Waals surface area contributed by atoms with Crippen LogP contribution >= 0.6 is 0 Å². The Hall–Kier alpha value is -1.69. The number of carbonyl (C=O) groups is 1. The van der Waals surface area contributed by atoms with Gasteiger partial charge in [-0.3, -0.25) is 4.79 Å². The highest BCUT2D eigenvalue weighted by Crippen LogP contribution is 2.33. The van der Waals surface area contributed by atoms with E-state index in [9.17, 15) is 13.6 Å². The standard InChI is InChI=1S/C17H24F2N2O2/c1-17(2,3)14(20)15(22)21-13-6-4-5-10-9-11(23-16(18)19)7-8-12(10)13/h7-9,13-14,16H,4-6,20H2,1-3H3,(H,21,22)/t13?,14-/m1/s1. The molecule has 0 saturated carbocycles. The first-order valence-corrected chi connectivity index (χ1v) is 7.82. The smallest absolute Gasteiger partial charge is 0.387 e. The molecule has 0 saturated heterocycles. The van der Waals surface area contributed by atoms with Crippen LogP contribution in [0.1, 0.15) is 50.8 Å². The van der Waals surface area contributed by atoms with Crippen molar-refractivity contribution in [1.82, 2.24) is 5.32 Å². The first-order valence-electron chi connectivity index (χ1n) is 7.82. The van der Waals surface area contributed by atoms with Crippen LogP contribution in [0.5, 0.6) is 5.75 Å². The van der Waals surface area contributed by atoms with Gasteiger partial charge in [-0.1, -0.05) is 26.8 Å². The maximum absolute atomic E-state index is 12.3. The lowest BCUT2D eigenvalue weighted by Crippen LogP contribution is -2.49. The third-order valence-corrected chi connectivity index (χ3v) is 4.19. The number of amides is 1. The molecule has 1 aromatic carbocycles. The Morgan fingerprint density at radius 3 is 2.70 bits per heavy atom. The van der Waals surface area contributed by atoms with Gasteiger partial charge in [0.1, 0.15) is 5.75 Å². The van der Waals surface area contributed by atoms with Crippen molar-refractivity contribution in [3.8, 4) is 5.75 Å². The van der Waals surface area contributed by atoms with Gasteiger partial charge in [0.05, 0.1) is 12.1 Å². The Morgan fingerprint density at radius 1 is 1.39 bits per heavy atom. The lowest BCUT2D eigenvalue weighted by Gasteiger charge is -2.31. The number of hydrogen-bond donors (Lipinski definition) is 2. The molecule has 3 N–H and O–H groups in total. The van der Waals surface area contributed by atoms with Crippen molar-refractivity contribution >= 4 is 5.91 Å². The first kappa shape index (κ1) is 17.7. The molecule has 1 amide bonds. The molecule has 2 atom stereocenters. The number of carbonyl (C=O) groups excluding carboxylic acids is 1. The molecule has 0 heterocycles. The quantitative estimate of drug-likeness (QED) is 0.893. The maximum Gasteiger partial charge on any atom is 0.387 e. The monoisotopic (exact) mass is 326 g/mol. The van der Waals surface area contributed by atoms with Crippen molar-refractivity contribution in [3.05, 3.63) is 29.3 Å². The number of rotatable bonds is 4. The molecule has 4 nitrogen and oxygen atoms in total. The molecule has 0 bridgehead atoms. The number of alkyl halides is 2. The van der Waals surface area contributed by atoms with Crippen molar-refractivity contribution in [2.75, 3.05) is 0 Å². The number of hydrogen-bond acceptors (Lipinski definition) is 3. The summed E-state index contributed by atoms with van der Waals surface area (Å²) in [5, 5.41) is 2.99. The third kappa shape index (κ3) is 4.41. The third-order valence-electron chi connectivity index (χ3n) is 4.19. The van der Waals surface area contributed by atoms with Crippen LogP contribution in [0.4, 0.5) is 8.78 Å². The van der Waals surface area contributed by atoms with Crippen LogP contribution in [0.25, 0.3) is 0 Å². The van der Waals surface area contributed by atoms with Crippen LogP contribution in [0.2, 0.25) is 0 Å². The van der Waals surface area contributed by atoms with Crippen molar-refractivity contribution in [3.63, 3.8) is 0 Å². The summed E-state index contributed by atoms with van der Waals surface area (Å²) in [6, 6.07) is 4.15. The topological polar surface area (TPSA) is 64.4 Å². The Kier molecular flexibility index (Phi) is 5.24. The molecular weight excluding hydrogens is 302 g/mol. The Morgan fingerprint density at radius 2 is 2.09 bits per heavy atom. The van der Waals surface area contributed by atoms with E-state index in [4.69, 9.17) is 5.73 Å². The molecule has 1 aromatic rings. The molecule has 0 aliphatic heterocycles. The lowest BCUT2D eigenvalue weighted by atomic mass is 9.85. The minimum Gasteiger partial charge on any atom is -0.435 e. The largest absolute Gasteiger partial charge is 0.435 e. The van der Waals surface area contributed by atoms with E-state index >= 15 is 0 Å². The fraction of sp³-hybridized carbons (Fsp3) is 0.588. The van der Waals surface area contributed by atoms with E-state index in [1.807, 2.05) is 20.8 Å². The molecule has 0 fully saturated rings. The predicted octanol–water partition coefficient (Wildman–Crippen LogP) is 3.16. The molecular formula is C17H24F2N2O2. The number of benzene rings is 1. The molecule has 6 heteroatoms. The van der Waals surface area contributed by atoms with E-state index in [2.05, 4.69) is 10.1 Å². The van der Waals surface area contributed by atoms with Gasteiger partial charge >= 0.3 is 6.61 Å². The van der Waals surface area contributed by atoms with Crippen LogP contribution in [0.15, 0.2) is 18.2 Å². The second-order valence-electron chi connectivity index (χ2n) is 7.04. The number of ether oxygens (including phenoxy) is 1. The van der Waals surface area contributed by atoms with Gasteiger partial charge in [-0.15, -0.1) is 0 Å². The van der Waals surface area contributed by atoms with E-state index < -0.39 is 12.7 Å². The van der Waals surface area contributed by atoms with Crippen molar-refractivity contribution in [2.24, 2.45) is 11.1 Å². The van der Waals surface area contributed by atoms with Crippen LogP contribution in [0, 0.1) is 5.41 Å². The van der Waals surface area contributed by atoms with Crippen molar-refractivity contribution in [2.45, 2.75) is 58.7 Å². The Balaban J connectivity index is 2.14. The molecule has 1 aliphatic carbocycles. The summed E-state index contributed by atoms with van der Waals surface area (Å²) in [5.41, 5.74) is 7.56. The van der Waals surface area contributed by atoms with E-state index in [-0.39, 0.29) is 23.1 Å². The Bertz CT molecular complexity index is 570. The van der Waals surface area contributed by atoms with Gasteiger partial charge in [0, 0.05) is 0 Å². The van der Waals surface area contributed by atoms with Gasteiger partial charge in [-0.2, -0.15) is 8.78 Å². The van der Waals surface area contributed by atoms with Crippen molar-refractivity contribution in [1.29, 1.82) is 0 Å². The maximum atomic E-state index is 12.3. The van der Waals surface area contributed by atoms with Gasteiger partial charge in [0.25, 0.3) is 0 Å². The fourth-order valence-electron chi connectivity index (χ4n) is 2.77. The zero-order valence-corrected chi connectivity index (χ0v) is 13.7. The van der Waals surface area contributed by atoms with Crippen LogP contribution in [-0.4, -0.2) is 18.6 Å². The number of halogens is 2. The molecule has 0 spiro atoms. The van der Waals surface area contributed by atoms with Gasteiger partial charge in [0.15, 0.2) is 0 Å². The molecule has 1 unspecified atom stereocenters. The summed E-state index contributed by atoms with van der Waals surface area (Å²) < 4.78 is 29.1. The molecule has 128 valence electrons. The summed E-state index contributed by atoms with van der Waals surface area (Å²) in [5.74, 6) is -0.0413. The summed E-state index contributed by atoms with van der Waals surface area (Å²) in [6.45, 7) is 2.91. The molecule has 0 radical (unpaired) electrons. The molecule has 0 aromatic heterocycles. The summed E-state index contributed by atoms with van der Waals surface area (Å²) in [6.07, 6.45) is 2.47. The highest BCUT2D eigenvalue weighted by Gasteiger charge is 2.30. The van der Waals surface area contributed by atoms with E-state index in [0.717, 1.165) is 30.4 Å². The predicted molar refractivity (Wildman–Crippen MR) is 84.3 cm³/mol. The second kappa shape index (κ2) is 6.83. The molecule has 2 rings (SSSR count). The number of fused-ring (bicyclic) bond motifs is 1. The minimum atomic E-state index is -2.84. The summed E-state index contributed by atoms with van der Waals surface area (Å²) >= 11 is 0. The number of nitrogens with two attached hydrogens (primary N) is 1. The Labute approximate surface area is 135 Å². The average molecular weight is 326 g/mol. The highest BCUT2D eigenvalue weighted by molar-refractivity contribution is 5.82. The SMILES string of the molecule is CC(C)(C)[C@H](N)C(=O)NC1CCCc2cc(OC(F)F)ccc21. The molecule has 1 aliphatic rings. The van der Waals surface area contributed by atoms with Crippen LogP contribution in [0.3, 0.4) is 0 Å². The van der Waals surface area contributed by atoms with Gasteiger partial charge in [-0.05, 0) is 47.9 Å². The average Bonchev–Trinajstić information content (AvgIpc) is 2.44. The highest BCUT2D eigenvalue weighted by atomic mass is 19.3. The summed E-state index contributed by atoms with van der Waals surface area (Å²) in [4.78, 5) is 12.3. The second-order valence-corrected chi connectivity index (χ2v) is 7.04. The summed E-state index contributed by atoms with van der Waals surface area (Å²) in [7, 11) is 0.